The van der Waals surface area contributed by atoms with Gasteiger partial charge in [-0.1, -0.05) is 24.3 Å². The maximum atomic E-state index is 12.3. The predicted octanol–water partition coefficient (Wildman–Crippen LogP) is 3.51. The van der Waals surface area contributed by atoms with Gasteiger partial charge in [-0.15, -0.1) is 0 Å². The van der Waals surface area contributed by atoms with Crippen molar-refractivity contribution in [3.63, 3.8) is 0 Å². The number of para-hydroxylation sites is 1. The lowest BCUT2D eigenvalue weighted by molar-refractivity contribution is 0.243. The fraction of sp³-hybridized carbons (Fsp3) is 0.300. The van der Waals surface area contributed by atoms with Gasteiger partial charge >= 0.3 is 0 Å². The molecule has 3 aromatic rings. The van der Waals surface area contributed by atoms with E-state index in [1.54, 1.807) is 6.07 Å². The van der Waals surface area contributed by atoms with E-state index >= 15 is 0 Å². The molecular weight excluding hydrogens is 314 g/mol. The fourth-order valence-electron chi connectivity index (χ4n) is 2.79. The van der Waals surface area contributed by atoms with Gasteiger partial charge in [-0.25, -0.2) is 4.98 Å². The molecule has 3 rings (SSSR count). The molecule has 1 heterocycles. The lowest BCUT2D eigenvalue weighted by Gasteiger charge is -2.24. The molecule has 0 saturated heterocycles. The van der Waals surface area contributed by atoms with Crippen molar-refractivity contribution in [1.82, 2.24) is 14.9 Å². The zero-order valence-electron chi connectivity index (χ0n) is 14.8. The molecule has 0 saturated carbocycles. The molecule has 25 heavy (non-hydrogen) atoms. The van der Waals surface area contributed by atoms with Crippen LogP contribution in [0.3, 0.4) is 0 Å². The monoisotopic (exact) mass is 337 g/mol. The molecule has 0 radical (unpaired) electrons. The number of fused-ring (bicyclic) bond motifs is 1. The molecule has 0 unspecified atom stereocenters. The maximum absolute atomic E-state index is 12.3. The Labute approximate surface area is 147 Å². The molecule has 5 nitrogen and oxygen atoms in total. The first-order valence-electron chi connectivity index (χ1n) is 8.49. The Balaban J connectivity index is 1.78. The lowest BCUT2D eigenvalue weighted by atomic mass is 10.1. The van der Waals surface area contributed by atoms with E-state index < -0.39 is 0 Å². The van der Waals surface area contributed by atoms with Crippen LogP contribution in [0.25, 0.3) is 10.9 Å². The fourth-order valence-corrected chi connectivity index (χ4v) is 2.79. The van der Waals surface area contributed by atoms with E-state index in [0.29, 0.717) is 17.8 Å². The van der Waals surface area contributed by atoms with E-state index in [0.717, 1.165) is 17.8 Å². The number of rotatable bonds is 6. The number of nitrogens with one attached hydrogen (secondary N) is 1. The van der Waals surface area contributed by atoms with Crippen molar-refractivity contribution >= 4 is 10.9 Å². The maximum Gasteiger partial charge on any atom is 0.258 e. The van der Waals surface area contributed by atoms with Gasteiger partial charge in [0.15, 0.2) is 0 Å². The molecule has 2 aromatic carbocycles. The highest BCUT2D eigenvalue weighted by molar-refractivity contribution is 5.77. The van der Waals surface area contributed by atoms with E-state index in [1.807, 2.05) is 51.2 Å². The minimum atomic E-state index is -0.0954. The molecular formula is C20H23N3O2. The number of aromatic nitrogens is 2. The van der Waals surface area contributed by atoms with Crippen LogP contribution in [0.15, 0.2) is 53.3 Å². The Morgan fingerprint density at radius 2 is 1.88 bits per heavy atom. The molecule has 130 valence electrons. The first kappa shape index (κ1) is 17.2. The minimum absolute atomic E-state index is 0.0103. The lowest BCUT2D eigenvalue weighted by Crippen LogP contribution is -2.26. The minimum Gasteiger partial charge on any atom is -0.494 e. The van der Waals surface area contributed by atoms with Crippen LogP contribution in [0, 0.1) is 0 Å². The van der Waals surface area contributed by atoms with Gasteiger partial charge < -0.3 is 9.72 Å². The van der Waals surface area contributed by atoms with Gasteiger partial charge in [-0.2, -0.15) is 0 Å². The summed E-state index contributed by atoms with van der Waals surface area (Å²) in [6, 6.07) is 15.5. The number of H-pyrrole nitrogens is 1. The highest BCUT2D eigenvalue weighted by atomic mass is 16.5. The van der Waals surface area contributed by atoms with Crippen molar-refractivity contribution in [3.8, 4) is 5.75 Å². The van der Waals surface area contributed by atoms with Crippen LogP contribution < -0.4 is 10.3 Å². The second-order valence-corrected chi connectivity index (χ2v) is 6.14. The predicted molar refractivity (Wildman–Crippen MR) is 99.9 cm³/mol. The van der Waals surface area contributed by atoms with Gasteiger partial charge in [-0.3, -0.25) is 9.69 Å². The van der Waals surface area contributed by atoms with E-state index in [1.165, 1.54) is 5.56 Å². The molecule has 0 aliphatic carbocycles. The SMILES string of the molecule is CCOc1ccc(CN(C)[C@H](C)c2nc3ccccc3c(=O)[nH]2)cc1. The summed E-state index contributed by atoms with van der Waals surface area (Å²) >= 11 is 0. The number of benzene rings is 2. The summed E-state index contributed by atoms with van der Waals surface area (Å²) in [6.07, 6.45) is 0. The highest BCUT2D eigenvalue weighted by Crippen LogP contribution is 2.20. The van der Waals surface area contributed by atoms with Crippen LogP contribution in [-0.4, -0.2) is 28.5 Å². The summed E-state index contributed by atoms with van der Waals surface area (Å²) < 4.78 is 5.47. The zero-order chi connectivity index (χ0) is 17.8. The zero-order valence-corrected chi connectivity index (χ0v) is 14.8. The summed E-state index contributed by atoms with van der Waals surface area (Å²) in [6.45, 7) is 5.43. The van der Waals surface area contributed by atoms with Crippen molar-refractivity contribution < 1.29 is 4.74 Å². The molecule has 0 aliphatic heterocycles. The second-order valence-electron chi connectivity index (χ2n) is 6.14. The number of ether oxygens (including phenoxy) is 1. The smallest absolute Gasteiger partial charge is 0.258 e. The quantitative estimate of drug-likeness (QED) is 0.748. The first-order chi connectivity index (χ1) is 12.1. The number of nitrogens with zero attached hydrogens (tertiary/aromatic N) is 2. The molecule has 5 heteroatoms. The Morgan fingerprint density at radius 1 is 1.16 bits per heavy atom. The Bertz CT molecular complexity index is 903. The van der Waals surface area contributed by atoms with Crippen LogP contribution in [0.5, 0.6) is 5.75 Å². The molecule has 1 aromatic heterocycles. The molecule has 0 spiro atoms. The van der Waals surface area contributed by atoms with Crippen LogP contribution in [0.4, 0.5) is 0 Å². The van der Waals surface area contributed by atoms with Gasteiger partial charge in [-0.05, 0) is 50.7 Å². The van der Waals surface area contributed by atoms with Gasteiger partial charge in [0, 0.05) is 6.54 Å². The molecule has 1 N–H and O–H groups in total. The summed E-state index contributed by atoms with van der Waals surface area (Å²) in [5, 5.41) is 0.618. The first-order valence-corrected chi connectivity index (χ1v) is 8.49. The normalized spacial score (nSPS) is 12.5. The Morgan fingerprint density at radius 3 is 2.60 bits per heavy atom. The van der Waals surface area contributed by atoms with Crippen molar-refractivity contribution in [1.29, 1.82) is 0 Å². The summed E-state index contributed by atoms with van der Waals surface area (Å²) in [4.78, 5) is 21.9. The van der Waals surface area contributed by atoms with Crippen molar-refractivity contribution in [2.45, 2.75) is 26.4 Å². The second kappa shape index (κ2) is 7.49. The largest absolute Gasteiger partial charge is 0.494 e. The molecule has 0 aliphatic rings. The van der Waals surface area contributed by atoms with Crippen LogP contribution in [0.2, 0.25) is 0 Å². The van der Waals surface area contributed by atoms with Gasteiger partial charge in [0.25, 0.3) is 5.56 Å². The molecule has 0 amide bonds. The van der Waals surface area contributed by atoms with E-state index in [9.17, 15) is 4.79 Å². The topological polar surface area (TPSA) is 58.2 Å². The van der Waals surface area contributed by atoms with Gasteiger partial charge in [0.05, 0.1) is 23.6 Å². The summed E-state index contributed by atoms with van der Waals surface area (Å²) in [5.74, 6) is 1.56. The third-order valence-electron chi connectivity index (χ3n) is 4.35. The summed E-state index contributed by atoms with van der Waals surface area (Å²) in [5.41, 5.74) is 1.81. The number of aromatic amines is 1. The van der Waals surface area contributed by atoms with Crippen molar-refractivity contribution in [2.75, 3.05) is 13.7 Å². The standard InChI is InChI=1S/C20H23N3O2/c1-4-25-16-11-9-15(10-12-16)13-23(3)14(2)19-21-18-8-6-5-7-17(18)20(24)22-19/h5-12,14H,4,13H2,1-3H3,(H,21,22,24)/t14-/m1/s1. The van der Waals surface area contributed by atoms with E-state index in [-0.39, 0.29) is 11.6 Å². The molecule has 0 bridgehead atoms. The highest BCUT2D eigenvalue weighted by Gasteiger charge is 2.16. The average molecular weight is 337 g/mol. The number of hydrogen-bond acceptors (Lipinski definition) is 4. The van der Waals surface area contributed by atoms with E-state index in [4.69, 9.17) is 4.74 Å². The van der Waals surface area contributed by atoms with Gasteiger partial charge in [0.1, 0.15) is 11.6 Å². The van der Waals surface area contributed by atoms with Crippen molar-refractivity contribution in [2.24, 2.45) is 0 Å². The van der Waals surface area contributed by atoms with Crippen molar-refractivity contribution in [3.05, 3.63) is 70.3 Å². The third kappa shape index (κ3) is 3.88. The number of hydrogen-bond donors (Lipinski definition) is 1. The van der Waals surface area contributed by atoms with Crippen LogP contribution in [0.1, 0.15) is 31.3 Å². The van der Waals surface area contributed by atoms with Crippen LogP contribution >= 0.6 is 0 Å². The molecule has 1 atom stereocenters. The third-order valence-corrected chi connectivity index (χ3v) is 4.35. The molecule has 0 fully saturated rings. The summed E-state index contributed by atoms with van der Waals surface area (Å²) in [7, 11) is 2.02. The van der Waals surface area contributed by atoms with E-state index in [2.05, 4.69) is 27.0 Å². The Hall–Kier alpha value is -2.66. The van der Waals surface area contributed by atoms with Crippen LogP contribution in [-0.2, 0) is 6.54 Å². The van der Waals surface area contributed by atoms with Gasteiger partial charge in [0.2, 0.25) is 0 Å². The average Bonchev–Trinajstić information content (AvgIpc) is 2.63. The Kier molecular flexibility index (Phi) is 5.14.